The Morgan fingerprint density at radius 1 is 1.30 bits per heavy atom. The lowest BCUT2D eigenvalue weighted by atomic mass is 10.2. The van der Waals surface area contributed by atoms with Gasteiger partial charge < -0.3 is 15.2 Å². The van der Waals surface area contributed by atoms with Crippen molar-refractivity contribution in [3.63, 3.8) is 0 Å². The maximum absolute atomic E-state index is 12.3. The third-order valence-electron chi connectivity index (χ3n) is 2.49. The molecule has 0 saturated carbocycles. The Morgan fingerprint density at radius 3 is 2.60 bits per heavy atom. The van der Waals surface area contributed by atoms with Gasteiger partial charge in [0.05, 0.1) is 22.1 Å². The molecule has 20 heavy (non-hydrogen) atoms. The van der Waals surface area contributed by atoms with E-state index in [2.05, 4.69) is 4.36 Å². The van der Waals surface area contributed by atoms with E-state index in [4.69, 9.17) is 15.2 Å². The summed E-state index contributed by atoms with van der Waals surface area (Å²) >= 11 is 0. The minimum Gasteiger partial charge on any atom is -0.443 e. The Morgan fingerprint density at radius 2 is 2.00 bits per heavy atom. The highest BCUT2D eigenvalue weighted by Crippen LogP contribution is 2.04. The highest BCUT2D eigenvalue weighted by atomic mass is 32.2. The van der Waals surface area contributed by atoms with E-state index in [0.29, 0.717) is 0 Å². The maximum Gasteiger partial charge on any atom is 0.442 e. The number of benzene rings is 1. The van der Waals surface area contributed by atoms with Gasteiger partial charge in [0.15, 0.2) is 0 Å². The summed E-state index contributed by atoms with van der Waals surface area (Å²) in [5.74, 6) is 0.317. The number of hydrogen-bond acceptors (Lipinski definition) is 5. The van der Waals surface area contributed by atoms with Crippen LogP contribution in [-0.4, -0.2) is 42.1 Å². The fourth-order valence-corrected chi connectivity index (χ4v) is 2.98. The van der Waals surface area contributed by atoms with Crippen LogP contribution in [0.25, 0.3) is 0 Å². The number of nitrogens with zero attached hydrogens (tertiary/aromatic N) is 1. The first-order valence-electron chi connectivity index (χ1n) is 6.22. The number of amides is 1. The molecule has 1 amide bonds. The number of carbonyl (C=O) groups is 1. The van der Waals surface area contributed by atoms with Gasteiger partial charge in [0, 0.05) is 19.4 Å². The van der Waals surface area contributed by atoms with Gasteiger partial charge in [-0.2, -0.15) is 0 Å². The fourth-order valence-electron chi connectivity index (χ4n) is 1.47. The number of nitrogens with two attached hydrogens (primary N) is 1. The summed E-state index contributed by atoms with van der Waals surface area (Å²) in [6.45, 7) is 0.553. The van der Waals surface area contributed by atoms with Crippen molar-refractivity contribution in [2.24, 2.45) is 10.1 Å². The van der Waals surface area contributed by atoms with Crippen molar-refractivity contribution in [3.8, 4) is 0 Å². The predicted molar refractivity (Wildman–Crippen MR) is 77.9 cm³/mol. The first kappa shape index (κ1) is 16.6. The average molecular weight is 300 g/mol. The van der Waals surface area contributed by atoms with E-state index in [0.717, 1.165) is 5.56 Å². The van der Waals surface area contributed by atoms with Gasteiger partial charge in [-0.05, 0) is 5.56 Å². The van der Waals surface area contributed by atoms with Crippen LogP contribution in [0.1, 0.15) is 5.56 Å². The maximum atomic E-state index is 12.3. The zero-order valence-corrected chi connectivity index (χ0v) is 12.3. The fraction of sp³-hybridized carbons (Fsp3) is 0.462. The third-order valence-corrected chi connectivity index (χ3v) is 4.65. The molecule has 0 aliphatic rings. The molecule has 112 valence electrons. The molecule has 0 aliphatic heterocycles. The Balaban J connectivity index is 2.64. The first-order valence-corrected chi connectivity index (χ1v) is 8.07. The van der Waals surface area contributed by atoms with Gasteiger partial charge in [-0.15, -0.1) is 4.36 Å². The summed E-state index contributed by atoms with van der Waals surface area (Å²) in [6, 6.07) is 9.21. The van der Waals surface area contributed by atoms with E-state index in [1.807, 2.05) is 30.3 Å². The predicted octanol–water partition coefficient (Wildman–Crippen LogP) is 1.40. The molecule has 0 bridgehead atoms. The summed E-state index contributed by atoms with van der Waals surface area (Å²) in [5, 5.41) is 0. The largest absolute Gasteiger partial charge is 0.443 e. The second-order valence-electron chi connectivity index (χ2n) is 4.09. The van der Waals surface area contributed by atoms with Crippen molar-refractivity contribution < 1.29 is 18.5 Å². The van der Waals surface area contributed by atoms with Crippen LogP contribution in [0.3, 0.4) is 0 Å². The molecule has 1 aromatic carbocycles. The van der Waals surface area contributed by atoms with Crippen LogP contribution < -0.4 is 5.73 Å². The molecule has 1 aromatic rings. The molecule has 0 aromatic heterocycles. The molecule has 0 spiro atoms. The summed E-state index contributed by atoms with van der Waals surface area (Å²) in [5.41, 5.74) is 6.24. The number of rotatable bonds is 7. The summed E-state index contributed by atoms with van der Waals surface area (Å²) in [6.07, 6.45) is -0.830. The lowest BCUT2D eigenvalue weighted by Crippen LogP contribution is -2.22. The molecule has 1 unspecified atom stereocenters. The van der Waals surface area contributed by atoms with Crippen molar-refractivity contribution >= 4 is 15.8 Å². The molecule has 6 nitrogen and oxygen atoms in total. The van der Waals surface area contributed by atoms with Gasteiger partial charge >= 0.3 is 6.09 Å². The molecule has 0 fully saturated rings. The second-order valence-corrected chi connectivity index (χ2v) is 6.64. The van der Waals surface area contributed by atoms with E-state index in [-0.39, 0.29) is 31.3 Å². The highest BCUT2D eigenvalue weighted by Gasteiger charge is 2.12. The van der Waals surface area contributed by atoms with Crippen LogP contribution in [0.5, 0.6) is 0 Å². The molecule has 0 radical (unpaired) electrons. The highest BCUT2D eigenvalue weighted by molar-refractivity contribution is 7.93. The van der Waals surface area contributed by atoms with Gasteiger partial charge in [0.2, 0.25) is 0 Å². The van der Waals surface area contributed by atoms with Crippen molar-refractivity contribution in [3.05, 3.63) is 35.9 Å². The minimum absolute atomic E-state index is 0.103. The van der Waals surface area contributed by atoms with Crippen molar-refractivity contribution in [2.75, 3.05) is 31.8 Å². The normalized spacial score (nSPS) is 13.5. The zero-order valence-electron chi connectivity index (χ0n) is 11.5. The average Bonchev–Trinajstić information content (AvgIpc) is 2.44. The molecular weight excluding hydrogens is 280 g/mol. The molecule has 1 rings (SSSR count). The Bertz CT molecular complexity index is 524. The molecular formula is C13H20N2O4S. The molecule has 1 atom stereocenters. The van der Waals surface area contributed by atoms with E-state index < -0.39 is 15.8 Å². The molecule has 2 N–H and O–H groups in total. The standard InChI is InChI=1S/C13H20N2O4S/c1-18-8-10-20(17,9-7-14)15-13(16)19-11-12-5-3-2-4-6-12/h2-6H,7-11,14H2,1H3. The lowest BCUT2D eigenvalue weighted by Gasteiger charge is -2.08. The van der Waals surface area contributed by atoms with Crippen LogP contribution in [0.2, 0.25) is 0 Å². The van der Waals surface area contributed by atoms with Crippen LogP contribution in [0.15, 0.2) is 34.7 Å². The number of hydrogen-bond donors (Lipinski definition) is 1. The number of methoxy groups -OCH3 is 1. The SMILES string of the molecule is COCCS(=O)(CCN)=NC(=O)OCc1ccccc1. The van der Waals surface area contributed by atoms with Gasteiger partial charge in [-0.3, -0.25) is 0 Å². The molecule has 0 saturated heterocycles. The van der Waals surface area contributed by atoms with Crippen molar-refractivity contribution in [1.29, 1.82) is 0 Å². The Hall–Kier alpha value is -1.44. The van der Waals surface area contributed by atoms with Crippen molar-refractivity contribution in [2.45, 2.75) is 6.61 Å². The summed E-state index contributed by atoms with van der Waals surface area (Å²) in [7, 11) is -1.21. The first-order chi connectivity index (χ1) is 9.59. The zero-order chi connectivity index (χ0) is 14.8. The van der Waals surface area contributed by atoms with E-state index >= 15 is 0 Å². The van der Waals surface area contributed by atoms with Gasteiger partial charge in [-0.1, -0.05) is 30.3 Å². The van der Waals surface area contributed by atoms with Gasteiger partial charge in [0.25, 0.3) is 0 Å². The van der Waals surface area contributed by atoms with E-state index in [1.165, 1.54) is 7.11 Å². The van der Waals surface area contributed by atoms with Crippen LogP contribution in [0, 0.1) is 0 Å². The topological polar surface area (TPSA) is 91.0 Å². The smallest absolute Gasteiger partial charge is 0.442 e. The molecule has 0 aliphatic carbocycles. The van der Waals surface area contributed by atoms with Crippen molar-refractivity contribution in [1.82, 2.24) is 0 Å². The Kier molecular flexibility index (Phi) is 7.21. The molecule has 0 heterocycles. The van der Waals surface area contributed by atoms with Gasteiger partial charge in [0.1, 0.15) is 6.61 Å². The van der Waals surface area contributed by atoms with Crippen LogP contribution in [-0.2, 0) is 25.8 Å². The van der Waals surface area contributed by atoms with E-state index in [1.54, 1.807) is 0 Å². The lowest BCUT2D eigenvalue weighted by molar-refractivity contribution is 0.151. The van der Waals surface area contributed by atoms with Crippen LogP contribution in [0.4, 0.5) is 4.79 Å². The number of ether oxygens (including phenoxy) is 2. The van der Waals surface area contributed by atoms with Gasteiger partial charge in [-0.25, -0.2) is 9.00 Å². The minimum atomic E-state index is -2.70. The monoisotopic (exact) mass is 300 g/mol. The van der Waals surface area contributed by atoms with E-state index in [9.17, 15) is 9.00 Å². The second kappa shape index (κ2) is 8.68. The quantitative estimate of drug-likeness (QED) is 0.821. The van der Waals surface area contributed by atoms with Crippen LogP contribution >= 0.6 is 0 Å². The summed E-state index contributed by atoms with van der Waals surface area (Å²) in [4.78, 5) is 11.6. The Labute approximate surface area is 119 Å². The summed E-state index contributed by atoms with van der Waals surface area (Å²) < 4.78 is 25.8. The number of carbonyl (C=O) groups excluding carboxylic acids is 1. The molecule has 7 heteroatoms. The third kappa shape index (κ3) is 6.14.